The molecule has 0 unspecified atom stereocenters. The highest BCUT2D eigenvalue weighted by Gasteiger charge is 2.23. The van der Waals surface area contributed by atoms with Gasteiger partial charge < -0.3 is 14.2 Å². The summed E-state index contributed by atoms with van der Waals surface area (Å²) in [6.07, 6.45) is 3.57. The van der Waals surface area contributed by atoms with Gasteiger partial charge in [0.1, 0.15) is 11.3 Å². The molecule has 0 aliphatic carbocycles. The van der Waals surface area contributed by atoms with Crippen molar-refractivity contribution in [2.24, 2.45) is 7.05 Å². The van der Waals surface area contributed by atoms with E-state index in [9.17, 15) is 0 Å². The Morgan fingerprint density at radius 2 is 1.68 bits per heavy atom. The maximum atomic E-state index is 5.51. The second kappa shape index (κ2) is 5.55. The van der Waals surface area contributed by atoms with E-state index in [4.69, 9.17) is 14.2 Å². The van der Waals surface area contributed by atoms with E-state index < -0.39 is 0 Å². The lowest BCUT2D eigenvalue weighted by atomic mass is 10.1. The van der Waals surface area contributed by atoms with Gasteiger partial charge in [-0.25, -0.2) is 9.55 Å². The molecule has 0 aliphatic heterocycles. The molecule has 0 spiro atoms. The Balaban J connectivity index is 2.27. The molecule has 0 atom stereocenters. The number of ether oxygens (including phenoxy) is 3. The number of rotatable bonds is 4. The van der Waals surface area contributed by atoms with Crippen molar-refractivity contribution in [1.82, 2.24) is 9.97 Å². The summed E-state index contributed by atoms with van der Waals surface area (Å²) in [7, 11) is 6.84. The third kappa shape index (κ3) is 2.13. The van der Waals surface area contributed by atoms with E-state index in [1.165, 1.54) is 0 Å². The van der Waals surface area contributed by atoms with Crippen LogP contribution in [0.3, 0.4) is 0 Å². The first-order chi connectivity index (χ1) is 10.7. The maximum Gasteiger partial charge on any atom is 0.291 e. The molecule has 0 saturated carbocycles. The Hall–Kier alpha value is -2.76. The van der Waals surface area contributed by atoms with Crippen molar-refractivity contribution in [2.75, 3.05) is 21.3 Å². The zero-order chi connectivity index (χ0) is 15.7. The number of imidazole rings is 1. The van der Waals surface area contributed by atoms with Crippen LogP contribution in [-0.4, -0.2) is 31.3 Å². The van der Waals surface area contributed by atoms with Crippen molar-refractivity contribution in [2.45, 2.75) is 0 Å². The predicted octanol–water partition coefficient (Wildman–Crippen LogP) is 2.08. The number of fused-ring (bicyclic) bond motifs is 1. The predicted molar refractivity (Wildman–Crippen MR) is 82.4 cm³/mol. The van der Waals surface area contributed by atoms with Crippen LogP contribution in [0.2, 0.25) is 0 Å². The van der Waals surface area contributed by atoms with Crippen molar-refractivity contribution >= 4 is 11.0 Å². The average Bonchev–Trinajstić information content (AvgIpc) is 2.90. The Labute approximate surface area is 128 Å². The molecular weight excluding hydrogens is 282 g/mol. The number of H-pyrrole nitrogens is 1. The number of pyridine rings is 1. The summed E-state index contributed by atoms with van der Waals surface area (Å²) in [6, 6.07) is 5.68. The lowest BCUT2D eigenvalue weighted by molar-refractivity contribution is -0.633. The smallest absolute Gasteiger partial charge is 0.291 e. The molecule has 0 aliphatic rings. The Kier molecular flexibility index (Phi) is 3.58. The summed E-state index contributed by atoms with van der Waals surface area (Å²) in [5.41, 5.74) is 2.90. The highest BCUT2D eigenvalue weighted by Crippen LogP contribution is 2.38. The van der Waals surface area contributed by atoms with Crippen LogP contribution < -0.4 is 18.8 Å². The van der Waals surface area contributed by atoms with Gasteiger partial charge >= 0.3 is 0 Å². The number of methoxy groups -OCH3 is 3. The minimum Gasteiger partial charge on any atom is -0.496 e. The van der Waals surface area contributed by atoms with Crippen LogP contribution in [0.25, 0.3) is 22.4 Å². The zero-order valence-electron chi connectivity index (χ0n) is 13.0. The van der Waals surface area contributed by atoms with Crippen LogP contribution in [0.1, 0.15) is 0 Å². The molecule has 1 N–H and O–H groups in total. The number of aromatic amines is 1. The fraction of sp³-hybridized carbons (Fsp3) is 0.250. The molecule has 6 heteroatoms. The Bertz CT molecular complexity index is 827. The third-order valence-corrected chi connectivity index (χ3v) is 3.71. The van der Waals surface area contributed by atoms with Crippen LogP contribution in [0.15, 0.2) is 30.6 Å². The Morgan fingerprint density at radius 3 is 2.32 bits per heavy atom. The van der Waals surface area contributed by atoms with Crippen molar-refractivity contribution in [3.05, 3.63) is 30.6 Å². The van der Waals surface area contributed by atoms with Gasteiger partial charge in [-0.3, -0.25) is 4.98 Å². The third-order valence-electron chi connectivity index (χ3n) is 3.71. The number of hydrogen-bond donors (Lipinski definition) is 1. The first-order valence-corrected chi connectivity index (χ1v) is 6.81. The number of hydrogen-bond acceptors (Lipinski definition) is 4. The number of nitrogens with one attached hydrogen (secondary N) is 1. The van der Waals surface area contributed by atoms with E-state index in [0.29, 0.717) is 17.2 Å². The molecule has 22 heavy (non-hydrogen) atoms. The number of aromatic nitrogens is 3. The van der Waals surface area contributed by atoms with E-state index in [1.807, 2.05) is 25.2 Å². The molecule has 1 aromatic carbocycles. The van der Waals surface area contributed by atoms with Crippen molar-refractivity contribution < 1.29 is 18.8 Å². The number of benzene rings is 1. The summed E-state index contributed by atoms with van der Waals surface area (Å²) in [5, 5.41) is 0. The zero-order valence-corrected chi connectivity index (χ0v) is 13.0. The SMILES string of the molecule is COc1cc(OC)c(-c2[nH]c3cnccc3[n+]2C)cc1OC. The van der Waals surface area contributed by atoms with Crippen LogP contribution in [0, 0.1) is 0 Å². The first-order valence-electron chi connectivity index (χ1n) is 6.81. The molecule has 0 amide bonds. The molecule has 3 rings (SSSR count). The number of nitrogens with zero attached hydrogens (tertiary/aromatic N) is 2. The summed E-state index contributed by atoms with van der Waals surface area (Å²) in [6.45, 7) is 0. The Morgan fingerprint density at radius 1 is 1.00 bits per heavy atom. The van der Waals surface area contributed by atoms with Gasteiger partial charge in [-0.1, -0.05) is 0 Å². The minimum atomic E-state index is 0.628. The first kappa shape index (κ1) is 14.2. The standard InChI is InChI=1S/C16H17N3O3/c1-19-12-5-6-17-9-11(12)18-16(19)10-7-14(21-3)15(22-4)8-13(10)20-2/h5-9H,1-4H3/p+1. The molecular formula is C16H18N3O3+. The monoisotopic (exact) mass is 300 g/mol. The second-order valence-electron chi connectivity index (χ2n) is 4.83. The van der Waals surface area contributed by atoms with Crippen LogP contribution in [0.5, 0.6) is 17.2 Å². The van der Waals surface area contributed by atoms with E-state index in [-0.39, 0.29) is 0 Å². The summed E-state index contributed by atoms with van der Waals surface area (Å²) < 4.78 is 18.3. The summed E-state index contributed by atoms with van der Waals surface area (Å²) in [4.78, 5) is 7.51. The molecule has 0 fully saturated rings. The van der Waals surface area contributed by atoms with Gasteiger partial charge in [-0.2, -0.15) is 0 Å². The molecule has 114 valence electrons. The lowest BCUT2D eigenvalue weighted by Gasteiger charge is -2.12. The van der Waals surface area contributed by atoms with E-state index in [0.717, 1.165) is 22.4 Å². The van der Waals surface area contributed by atoms with E-state index >= 15 is 0 Å². The molecule has 0 bridgehead atoms. The molecule has 0 saturated heterocycles. The van der Waals surface area contributed by atoms with Crippen LogP contribution >= 0.6 is 0 Å². The van der Waals surface area contributed by atoms with Crippen molar-refractivity contribution in [1.29, 1.82) is 0 Å². The van der Waals surface area contributed by atoms with Gasteiger partial charge in [0, 0.05) is 24.4 Å². The van der Waals surface area contributed by atoms with Crippen molar-refractivity contribution in [3.63, 3.8) is 0 Å². The summed E-state index contributed by atoms with van der Waals surface area (Å²) in [5.74, 6) is 2.88. The minimum absolute atomic E-state index is 0.628. The van der Waals surface area contributed by atoms with Gasteiger partial charge in [0.2, 0.25) is 0 Å². The van der Waals surface area contributed by atoms with E-state index in [1.54, 1.807) is 33.7 Å². The average molecular weight is 300 g/mol. The molecule has 0 radical (unpaired) electrons. The molecule has 2 heterocycles. The van der Waals surface area contributed by atoms with Gasteiger partial charge in [-0.15, -0.1) is 0 Å². The normalized spacial score (nSPS) is 10.7. The van der Waals surface area contributed by atoms with Gasteiger partial charge in [0.15, 0.2) is 22.5 Å². The second-order valence-corrected chi connectivity index (χ2v) is 4.83. The van der Waals surface area contributed by atoms with Crippen LogP contribution in [0.4, 0.5) is 0 Å². The fourth-order valence-corrected chi connectivity index (χ4v) is 2.57. The lowest BCUT2D eigenvalue weighted by Crippen LogP contribution is -2.29. The van der Waals surface area contributed by atoms with Gasteiger partial charge in [0.05, 0.1) is 34.6 Å². The van der Waals surface area contributed by atoms with E-state index in [2.05, 4.69) is 14.5 Å². The molecule has 6 nitrogen and oxygen atoms in total. The van der Waals surface area contributed by atoms with Gasteiger partial charge in [-0.05, 0) is 0 Å². The largest absolute Gasteiger partial charge is 0.496 e. The highest BCUT2D eigenvalue weighted by atomic mass is 16.5. The quantitative estimate of drug-likeness (QED) is 0.749. The maximum absolute atomic E-state index is 5.51. The highest BCUT2D eigenvalue weighted by molar-refractivity contribution is 5.76. The topological polar surface area (TPSA) is 60.2 Å². The molecule has 2 aromatic heterocycles. The van der Waals surface area contributed by atoms with Gasteiger partial charge in [0.25, 0.3) is 5.82 Å². The summed E-state index contributed by atoms with van der Waals surface area (Å²) >= 11 is 0. The fourth-order valence-electron chi connectivity index (χ4n) is 2.57. The molecule has 3 aromatic rings. The number of aryl methyl sites for hydroxylation is 1. The van der Waals surface area contributed by atoms with Crippen molar-refractivity contribution in [3.8, 4) is 28.6 Å². The van der Waals surface area contributed by atoms with Crippen LogP contribution in [-0.2, 0) is 7.05 Å².